The molecule has 0 aromatic carbocycles. The van der Waals surface area contributed by atoms with E-state index in [2.05, 4.69) is 34.8 Å². The van der Waals surface area contributed by atoms with Gasteiger partial charge in [-0.2, -0.15) is 5.26 Å². The van der Waals surface area contributed by atoms with Crippen LogP contribution in [0.1, 0.15) is 31.7 Å². The zero-order chi connectivity index (χ0) is 13.0. The van der Waals surface area contributed by atoms with Crippen molar-refractivity contribution >= 4 is 17.4 Å². The molecule has 92 valence electrons. The van der Waals surface area contributed by atoms with E-state index in [4.69, 9.17) is 16.9 Å². The SMILES string of the molecule is Cc1nc(Cl)c(C)c(N(CCC#N)C(C)C)n1. The zero-order valence-electron chi connectivity index (χ0n) is 10.7. The van der Waals surface area contributed by atoms with E-state index >= 15 is 0 Å². The summed E-state index contributed by atoms with van der Waals surface area (Å²) in [4.78, 5) is 10.6. The molecule has 1 heterocycles. The quantitative estimate of drug-likeness (QED) is 0.774. The Balaban J connectivity index is 3.14. The minimum atomic E-state index is 0.271. The lowest BCUT2D eigenvalue weighted by atomic mass is 10.2. The van der Waals surface area contributed by atoms with E-state index in [-0.39, 0.29) is 6.04 Å². The zero-order valence-corrected chi connectivity index (χ0v) is 11.4. The van der Waals surface area contributed by atoms with Gasteiger partial charge in [-0.25, -0.2) is 9.97 Å². The van der Waals surface area contributed by atoms with Gasteiger partial charge >= 0.3 is 0 Å². The van der Waals surface area contributed by atoms with Gasteiger partial charge in [0, 0.05) is 18.2 Å². The second-order valence-electron chi connectivity index (χ2n) is 4.21. The number of nitrogens with zero attached hydrogens (tertiary/aromatic N) is 4. The number of hydrogen-bond donors (Lipinski definition) is 0. The van der Waals surface area contributed by atoms with Crippen LogP contribution in [0, 0.1) is 25.2 Å². The average molecular weight is 253 g/mol. The molecular formula is C12H17ClN4. The molecule has 0 unspecified atom stereocenters. The van der Waals surface area contributed by atoms with E-state index in [9.17, 15) is 0 Å². The molecule has 0 bridgehead atoms. The summed E-state index contributed by atoms with van der Waals surface area (Å²) in [6.45, 7) is 8.52. The summed E-state index contributed by atoms with van der Waals surface area (Å²) in [5, 5.41) is 9.17. The first-order valence-corrected chi connectivity index (χ1v) is 5.99. The smallest absolute Gasteiger partial charge is 0.137 e. The van der Waals surface area contributed by atoms with Crippen LogP contribution in [0.25, 0.3) is 0 Å². The topological polar surface area (TPSA) is 52.8 Å². The van der Waals surface area contributed by atoms with Crippen LogP contribution < -0.4 is 4.90 Å². The molecule has 0 aliphatic rings. The van der Waals surface area contributed by atoms with Crippen molar-refractivity contribution in [3.05, 3.63) is 16.5 Å². The van der Waals surface area contributed by atoms with Gasteiger partial charge in [0.05, 0.1) is 12.5 Å². The molecule has 5 heteroatoms. The van der Waals surface area contributed by atoms with E-state index in [1.165, 1.54) is 0 Å². The van der Waals surface area contributed by atoms with Gasteiger partial charge in [-0.05, 0) is 27.7 Å². The van der Waals surface area contributed by atoms with Crippen molar-refractivity contribution in [3.63, 3.8) is 0 Å². The first kappa shape index (κ1) is 13.7. The highest BCUT2D eigenvalue weighted by molar-refractivity contribution is 6.30. The summed E-state index contributed by atoms with van der Waals surface area (Å²) in [6, 6.07) is 2.42. The molecule has 0 saturated carbocycles. The monoisotopic (exact) mass is 252 g/mol. The lowest BCUT2D eigenvalue weighted by Crippen LogP contribution is -2.33. The Morgan fingerprint density at radius 2 is 2.00 bits per heavy atom. The maximum absolute atomic E-state index is 8.69. The van der Waals surface area contributed by atoms with Crippen molar-refractivity contribution in [3.8, 4) is 6.07 Å². The molecular weight excluding hydrogens is 236 g/mol. The highest BCUT2D eigenvalue weighted by atomic mass is 35.5. The van der Waals surface area contributed by atoms with Crippen molar-refractivity contribution < 1.29 is 0 Å². The van der Waals surface area contributed by atoms with Gasteiger partial charge in [0.25, 0.3) is 0 Å². The summed E-state index contributed by atoms with van der Waals surface area (Å²) in [5.41, 5.74) is 0.865. The summed E-state index contributed by atoms with van der Waals surface area (Å²) < 4.78 is 0. The second-order valence-corrected chi connectivity index (χ2v) is 4.56. The highest BCUT2D eigenvalue weighted by Gasteiger charge is 2.17. The standard InChI is InChI=1S/C12H17ClN4/c1-8(2)17(7-5-6-14)12-9(3)11(13)15-10(4)16-12/h8H,5,7H2,1-4H3. The van der Waals surface area contributed by atoms with Crippen LogP contribution in [0.15, 0.2) is 0 Å². The number of hydrogen-bond acceptors (Lipinski definition) is 4. The Morgan fingerprint density at radius 1 is 1.35 bits per heavy atom. The van der Waals surface area contributed by atoms with Crippen LogP contribution >= 0.6 is 11.6 Å². The fraction of sp³-hybridized carbons (Fsp3) is 0.583. The first-order chi connectivity index (χ1) is 7.97. The molecule has 1 aromatic rings. The number of rotatable bonds is 4. The van der Waals surface area contributed by atoms with E-state index in [1.807, 2.05) is 13.8 Å². The lowest BCUT2D eigenvalue weighted by Gasteiger charge is -2.28. The molecule has 0 aliphatic carbocycles. The van der Waals surface area contributed by atoms with Crippen molar-refractivity contribution in [2.75, 3.05) is 11.4 Å². The lowest BCUT2D eigenvalue weighted by molar-refractivity contribution is 0.671. The van der Waals surface area contributed by atoms with Crippen LogP contribution in [0.3, 0.4) is 0 Å². The summed E-state index contributed by atoms with van der Waals surface area (Å²) >= 11 is 6.06. The van der Waals surface area contributed by atoms with Gasteiger partial charge in [0.1, 0.15) is 16.8 Å². The van der Waals surface area contributed by atoms with Gasteiger partial charge in [-0.3, -0.25) is 0 Å². The fourth-order valence-corrected chi connectivity index (χ4v) is 1.85. The third-order valence-corrected chi connectivity index (χ3v) is 2.90. The van der Waals surface area contributed by atoms with Crippen LogP contribution in [-0.2, 0) is 0 Å². The van der Waals surface area contributed by atoms with E-state index in [1.54, 1.807) is 0 Å². The van der Waals surface area contributed by atoms with Gasteiger partial charge in [0.15, 0.2) is 0 Å². The Morgan fingerprint density at radius 3 is 2.53 bits per heavy atom. The molecule has 4 nitrogen and oxygen atoms in total. The van der Waals surface area contributed by atoms with Crippen LogP contribution in [-0.4, -0.2) is 22.6 Å². The van der Waals surface area contributed by atoms with Gasteiger partial charge in [-0.1, -0.05) is 11.6 Å². The van der Waals surface area contributed by atoms with Crippen LogP contribution in [0.5, 0.6) is 0 Å². The van der Waals surface area contributed by atoms with Gasteiger partial charge in [-0.15, -0.1) is 0 Å². The van der Waals surface area contributed by atoms with Gasteiger partial charge in [0.2, 0.25) is 0 Å². The predicted octanol–water partition coefficient (Wildman–Crippen LogP) is 2.88. The maximum atomic E-state index is 8.69. The molecule has 0 fully saturated rings. The molecule has 0 amide bonds. The van der Waals surface area contributed by atoms with E-state index in [0.29, 0.717) is 23.9 Å². The normalized spacial score (nSPS) is 10.4. The maximum Gasteiger partial charge on any atom is 0.137 e. The third-order valence-electron chi connectivity index (χ3n) is 2.53. The van der Waals surface area contributed by atoms with Crippen molar-refractivity contribution in [1.82, 2.24) is 9.97 Å². The average Bonchev–Trinajstić information content (AvgIpc) is 2.24. The largest absolute Gasteiger partial charge is 0.353 e. The number of aryl methyl sites for hydroxylation is 1. The summed E-state index contributed by atoms with van der Waals surface area (Å²) in [7, 11) is 0. The first-order valence-electron chi connectivity index (χ1n) is 5.61. The van der Waals surface area contributed by atoms with E-state index < -0.39 is 0 Å². The minimum Gasteiger partial charge on any atom is -0.353 e. The Hall–Kier alpha value is -1.34. The predicted molar refractivity (Wildman–Crippen MR) is 69.2 cm³/mol. The number of aromatic nitrogens is 2. The minimum absolute atomic E-state index is 0.271. The Labute approximate surface area is 107 Å². The molecule has 0 spiro atoms. The van der Waals surface area contributed by atoms with Gasteiger partial charge < -0.3 is 4.90 Å². The number of halogens is 1. The van der Waals surface area contributed by atoms with E-state index in [0.717, 1.165) is 11.4 Å². The summed E-state index contributed by atoms with van der Waals surface area (Å²) in [5.74, 6) is 1.48. The Bertz CT molecular complexity index is 437. The molecule has 0 N–H and O–H groups in total. The number of anilines is 1. The van der Waals surface area contributed by atoms with Crippen molar-refractivity contribution in [2.24, 2.45) is 0 Å². The van der Waals surface area contributed by atoms with Crippen molar-refractivity contribution in [1.29, 1.82) is 5.26 Å². The second kappa shape index (κ2) is 5.83. The molecule has 1 aromatic heterocycles. The Kier molecular flexibility index (Phi) is 4.71. The van der Waals surface area contributed by atoms with Crippen LogP contribution in [0.4, 0.5) is 5.82 Å². The number of nitriles is 1. The molecule has 17 heavy (non-hydrogen) atoms. The summed E-state index contributed by atoms with van der Waals surface area (Å²) in [6.07, 6.45) is 0.471. The van der Waals surface area contributed by atoms with Crippen molar-refractivity contribution in [2.45, 2.75) is 40.2 Å². The molecule has 0 saturated heterocycles. The molecule has 0 radical (unpaired) electrons. The molecule has 1 rings (SSSR count). The van der Waals surface area contributed by atoms with Crippen LogP contribution in [0.2, 0.25) is 5.15 Å². The fourth-order valence-electron chi connectivity index (χ4n) is 1.64. The third kappa shape index (κ3) is 3.31. The molecule has 0 atom stereocenters. The highest BCUT2D eigenvalue weighted by Crippen LogP contribution is 2.24. The molecule has 0 aliphatic heterocycles.